The lowest BCUT2D eigenvalue weighted by molar-refractivity contribution is -0.150. The van der Waals surface area contributed by atoms with E-state index in [-0.39, 0.29) is 5.78 Å². The molecule has 0 saturated carbocycles. The molecule has 1 heterocycles. The third-order valence-corrected chi connectivity index (χ3v) is 2.62. The molecule has 4 nitrogen and oxygen atoms in total. The minimum Gasteiger partial charge on any atom is -0.482 e. The molecule has 0 bridgehead atoms. The molecule has 1 atom stereocenters. The molecule has 2 aliphatic rings. The minimum absolute atomic E-state index is 0.123. The van der Waals surface area contributed by atoms with E-state index in [1.807, 2.05) is 0 Å². The van der Waals surface area contributed by atoms with Crippen molar-refractivity contribution < 1.29 is 19.1 Å². The van der Waals surface area contributed by atoms with E-state index in [1.165, 1.54) is 7.11 Å². The molecule has 0 aromatic heterocycles. The number of ketones is 1. The summed E-state index contributed by atoms with van der Waals surface area (Å²) in [7, 11) is 1.32. The van der Waals surface area contributed by atoms with Gasteiger partial charge in [-0.25, -0.2) is 4.79 Å². The van der Waals surface area contributed by atoms with Crippen LogP contribution in [0.1, 0.15) is 25.7 Å². The fraction of sp³-hybridized carbons (Fsp3) is 0.600. The maximum Gasteiger partial charge on any atom is 0.347 e. The van der Waals surface area contributed by atoms with Gasteiger partial charge in [0.05, 0.1) is 7.11 Å². The normalized spacial score (nSPS) is 25.8. The number of Topliss-reactive ketones (excluding diaryl/α,β-unsaturated/α-hetero) is 1. The number of carbonyl (C=O) groups excluding carboxylic acids is 2. The van der Waals surface area contributed by atoms with Crippen molar-refractivity contribution in [3.63, 3.8) is 0 Å². The average Bonchev–Trinajstić information content (AvgIpc) is 2.62. The van der Waals surface area contributed by atoms with E-state index < -0.39 is 12.1 Å². The van der Waals surface area contributed by atoms with E-state index in [0.29, 0.717) is 24.2 Å². The van der Waals surface area contributed by atoms with Gasteiger partial charge in [0.15, 0.2) is 11.9 Å². The van der Waals surface area contributed by atoms with E-state index in [0.717, 1.165) is 12.8 Å². The van der Waals surface area contributed by atoms with Gasteiger partial charge in [-0.1, -0.05) is 0 Å². The van der Waals surface area contributed by atoms with E-state index in [9.17, 15) is 9.59 Å². The molecule has 0 radical (unpaired) electrons. The van der Waals surface area contributed by atoms with Crippen molar-refractivity contribution in [3.05, 3.63) is 11.3 Å². The maximum atomic E-state index is 11.4. The molecule has 0 aromatic carbocycles. The Kier molecular flexibility index (Phi) is 2.27. The van der Waals surface area contributed by atoms with Crippen molar-refractivity contribution in [1.82, 2.24) is 0 Å². The molecule has 4 heteroatoms. The van der Waals surface area contributed by atoms with Crippen LogP contribution in [-0.4, -0.2) is 25.0 Å². The highest BCUT2D eigenvalue weighted by Crippen LogP contribution is 2.34. The first-order valence-electron chi connectivity index (χ1n) is 4.72. The molecular weight excluding hydrogens is 184 g/mol. The van der Waals surface area contributed by atoms with Crippen LogP contribution in [0.2, 0.25) is 0 Å². The first-order chi connectivity index (χ1) is 6.72. The smallest absolute Gasteiger partial charge is 0.347 e. The standard InChI is InChI=1S/C10H12O4/c1-13-10(12)9-5-6-7(11)3-2-4-8(6)14-9/h9H,2-5H2,1H3. The highest BCUT2D eigenvalue weighted by atomic mass is 16.6. The lowest BCUT2D eigenvalue weighted by Gasteiger charge is -2.11. The van der Waals surface area contributed by atoms with E-state index in [2.05, 4.69) is 4.74 Å². The van der Waals surface area contributed by atoms with Crippen LogP contribution in [0, 0.1) is 0 Å². The molecule has 76 valence electrons. The molecular formula is C10H12O4. The molecule has 2 rings (SSSR count). The molecule has 14 heavy (non-hydrogen) atoms. The van der Waals surface area contributed by atoms with Crippen molar-refractivity contribution in [2.75, 3.05) is 7.11 Å². The zero-order valence-corrected chi connectivity index (χ0v) is 8.04. The maximum absolute atomic E-state index is 11.4. The van der Waals surface area contributed by atoms with E-state index >= 15 is 0 Å². The van der Waals surface area contributed by atoms with Crippen molar-refractivity contribution in [2.45, 2.75) is 31.8 Å². The predicted octanol–water partition coefficient (Wildman–Crippen LogP) is 0.955. The Morgan fingerprint density at radius 1 is 1.50 bits per heavy atom. The Morgan fingerprint density at radius 2 is 2.29 bits per heavy atom. The third kappa shape index (κ3) is 1.41. The number of allylic oxidation sites excluding steroid dienone is 1. The summed E-state index contributed by atoms with van der Waals surface area (Å²) in [6, 6.07) is 0. The van der Waals surface area contributed by atoms with Crippen LogP contribution in [0.25, 0.3) is 0 Å². The predicted molar refractivity (Wildman–Crippen MR) is 47.4 cm³/mol. The Morgan fingerprint density at radius 3 is 2.93 bits per heavy atom. The monoisotopic (exact) mass is 196 g/mol. The molecule has 0 saturated heterocycles. The lowest BCUT2D eigenvalue weighted by atomic mass is 9.95. The van der Waals surface area contributed by atoms with E-state index in [1.54, 1.807) is 0 Å². The van der Waals surface area contributed by atoms with Crippen LogP contribution in [-0.2, 0) is 19.1 Å². The number of carbonyl (C=O) groups is 2. The molecule has 1 aliphatic carbocycles. The molecule has 0 fully saturated rings. The van der Waals surface area contributed by atoms with Crippen molar-refractivity contribution in [2.24, 2.45) is 0 Å². The topological polar surface area (TPSA) is 52.6 Å². The first kappa shape index (κ1) is 9.24. The van der Waals surface area contributed by atoms with Gasteiger partial charge >= 0.3 is 5.97 Å². The van der Waals surface area contributed by atoms with Crippen LogP contribution in [0.15, 0.2) is 11.3 Å². The minimum atomic E-state index is -0.591. The zero-order chi connectivity index (χ0) is 10.1. The lowest BCUT2D eigenvalue weighted by Crippen LogP contribution is -2.21. The van der Waals surface area contributed by atoms with Crippen molar-refractivity contribution in [3.8, 4) is 0 Å². The van der Waals surface area contributed by atoms with Gasteiger partial charge in [-0.15, -0.1) is 0 Å². The average molecular weight is 196 g/mol. The third-order valence-electron chi connectivity index (χ3n) is 2.62. The quantitative estimate of drug-likeness (QED) is 0.586. The van der Waals surface area contributed by atoms with Crippen molar-refractivity contribution >= 4 is 11.8 Å². The Labute approximate surface area is 81.9 Å². The summed E-state index contributed by atoms with van der Waals surface area (Å²) < 4.78 is 9.95. The number of hydrogen-bond acceptors (Lipinski definition) is 4. The number of esters is 1. The number of methoxy groups -OCH3 is 1. The van der Waals surface area contributed by atoms with Gasteiger partial charge in [-0.05, 0) is 6.42 Å². The second-order valence-electron chi connectivity index (χ2n) is 3.51. The summed E-state index contributed by atoms with van der Waals surface area (Å²) in [5.41, 5.74) is 0.701. The number of rotatable bonds is 1. The van der Waals surface area contributed by atoms with Crippen LogP contribution < -0.4 is 0 Å². The SMILES string of the molecule is COC(=O)C1CC2=C(CCCC2=O)O1. The van der Waals surface area contributed by atoms with Gasteiger partial charge in [-0.3, -0.25) is 4.79 Å². The van der Waals surface area contributed by atoms with Crippen LogP contribution in [0.3, 0.4) is 0 Å². The Bertz CT molecular complexity index is 316. The summed E-state index contributed by atoms with van der Waals surface area (Å²) in [5.74, 6) is 0.432. The summed E-state index contributed by atoms with van der Waals surface area (Å²) in [5, 5.41) is 0. The summed E-state index contributed by atoms with van der Waals surface area (Å²) >= 11 is 0. The summed E-state index contributed by atoms with van der Waals surface area (Å²) in [6.45, 7) is 0. The van der Waals surface area contributed by atoms with Gasteiger partial charge in [0.1, 0.15) is 5.76 Å². The second kappa shape index (κ2) is 3.44. The molecule has 0 spiro atoms. The summed E-state index contributed by atoms with van der Waals surface area (Å²) in [6.07, 6.45) is 1.98. The van der Waals surface area contributed by atoms with Gasteiger partial charge in [-0.2, -0.15) is 0 Å². The highest BCUT2D eigenvalue weighted by Gasteiger charge is 2.36. The zero-order valence-electron chi connectivity index (χ0n) is 8.04. The Hall–Kier alpha value is -1.32. The first-order valence-corrected chi connectivity index (χ1v) is 4.72. The molecule has 0 aromatic rings. The van der Waals surface area contributed by atoms with Gasteiger partial charge in [0, 0.05) is 24.8 Å². The Balaban J connectivity index is 2.11. The highest BCUT2D eigenvalue weighted by molar-refractivity contribution is 5.98. The fourth-order valence-electron chi connectivity index (χ4n) is 1.89. The molecule has 0 amide bonds. The van der Waals surface area contributed by atoms with Crippen LogP contribution in [0.5, 0.6) is 0 Å². The number of hydrogen-bond donors (Lipinski definition) is 0. The van der Waals surface area contributed by atoms with Gasteiger partial charge in [0.2, 0.25) is 0 Å². The number of ether oxygens (including phenoxy) is 2. The van der Waals surface area contributed by atoms with Crippen LogP contribution in [0.4, 0.5) is 0 Å². The van der Waals surface area contributed by atoms with Gasteiger partial charge in [0.25, 0.3) is 0 Å². The largest absolute Gasteiger partial charge is 0.482 e. The molecule has 1 aliphatic heterocycles. The van der Waals surface area contributed by atoms with Crippen LogP contribution >= 0.6 is 0 Å². The van der Waals surface area contributed by atoms with E-state index in [4.69, 9.17) is 4.74 Å². The fourth-order valence-corrected chi connectivity index (χ4v) is 1.89. The molecule has 0 N–H and O–H groups in total. The summed E-state index contributed by atoms with van der Waals surface area (Å²) in [4.78, 5) is 22.6. The molecule has 1 unspecified atom stereocenters. The van der Waals surface area contributed by atoms with Crippen molar-refractivity contribution in [1.29, 1.82) is 0 Å². The second-order valence-corrected chi connectivity index (χ2v) is 3.51. The van der Waals surface area contributed by atoms with Gasteiger partial charge < -0.3 is 9.47 Å².